The molecule has 3 aromatic rings. The van der Waals surface area contributed by atoms with Crippen LogP contribution in [0, 0.1) is 13.8 Å². The standard InChI is InChI=1S/C16H20N6S/c1-4-9-22-12(3)18-19-14(22)10-23-16-17-15(20-21-16)13-7-5-11(2)6-8-13/h5-8H,4,9-10H2,1-3H3,(H,17,20,21). The highest BCUT2D eigenvalue weighted by Crippen LogP contribution is 2.22. The highest BCUT2D eigenvalue weighted by Gasteiger charge is 2.11. The maximum absolute atomic E-state index is 4.55. The average molecular weight is 328 g/mol. The smallest absolute Gasteiger partial charge is 0.209 e. The summed E-state index contributed by atoms with van der Waals surface area (Å²) < 4.78 is 2.15. The van der Waals surface area contributed by atoms with E-state index >= 15 is 0 Å². The number of hydrogen-bond donors (Lipinski definition) is 1. The number of nitrogens with one attached hydrogen (secondary N) is 1. The molecule has 2 heterocycles. The maximum Gasteiger partial charge on any atom is 0.209 e. The number of hydrogen-bond acceptors (Lipinski definition) is 5. The first-order valence-electron chi connectivity index (χ1n) is 7.68. The van der Waals surface area contributed by atoms with Crippen molar-refractivity contribution in [3.8, 4) is 11.4 Å². The van der Waals surface area contributed by atoms with Gasteiger partial charge in [-0.05, 0) is 20.3 Å². The zero-order valence-electron chi connectivity index (χ0n) is 13.6. The lowest BCUT2D eigenvalue weighted by molar-refractivity contribution is 0.636. The first-order valence-corrected chi connectivity index (χ1v) is 8.67. The molecule has 0 radical (unpaired) electrons. The summed E-state index contributed by atoms with van der Waals surface area (Å²) in [6.45, 7) is 7.15. The fourth-order valence-electron chi connectivity index (χ4n) is 2.33. The van der Waals surface area contributed by atoms with Crippen LogP contribution >= 0.6 is 11.8 Å². The predicted octanol–water partition coefficient (Wildman–Crippen LogP) is 3.38. The van der Waals surface area contributed by atoms with Crippen molar-refractivity contribution in [1.82, 2.24) is 29.9 Å². The maximum atomic E-state index is 4.55. The molecule has 0 atom stereocenters. The van der Waals surface area contributed by atoms with Crippen LogP contribution in [-0.2, 0) is 12.3 Å². The van der Waals surface area contributed by atoms with Gasteiger partial charge < -0.3 is 4.57 Å². The van der Waals surface area contributed by atoms with Crippen molar-refractivity contribution in [2.24, 2.45) is 0 Å². The van der Waals surface area contributed by atoms with Crippen molar-refractivity contribution in [2.45, 2.75) is 44.6 Å². The van der Waals surface area contributed by atoms with E-state index in [4.69, 9.17) is 0 Å². The Morgan fingerprint density at radius 1 is 1.13 bits per heavy atom. The SMILES string of the molecule is CCCn1c(C)nnc1CSc1n[nH]c(-c2ccc(C)cc2)n1. The molecular weight excluding hydrogens is 308 g/mol. The number of nitrogens with zero attached hydrogens (tertiary/aromatic N) is 5. The lowest BCUT2D eigenvalue weighted by Gasteiger charge is -2.05. The Kier molecular flexibility index (Phi) is 4.76. The Morgan fingerprint density at radius 3 is 2.65 bits per heavy atom. The summed E-state index contributed by atoms with van der Waals surface area (Å²) in [5.41, 5.74) is 2.27. The second kappa shape index (κ2) is 6.95. The van der Waals surface area contributed by atoms with Crippen LogP contribution in [0.25, 0.3) is 11.4 Å². The van der Waals surface area contributed by atoms with E-state index in [1.54, 1.807) is 11.8 Å². The Balaban J connectivity index is 1.69. The van der Waals surface area contributed by atoms with Crippen LogP contribution in [0.4, 0.5) is 0 Å². The summed E-state index contributed by atoms with van der Waals surface area (Å²) in [6, 6.07) is 8.23. The molecular formula is C16H20N6S. The minimum Gasteiger partial charge on any atom is -0.315 e. The number of rotatable bonds is 6. The number of H-pyrrole nitrogens is 1. The van der Waals surface area contributed by atoms with Crippen molar-refractivity contribution in [3.05, 3.63) is 41.5 Å². The van der Waals surface area contributed by atoms with Gasteiger partial charge in [0.2, 0.25) is 5.16 Å². The normalized spacial score (nSPS) is 11.1. The van der Waals surface area contributed by atoms with E-state index < -0.39 is 0 Å². The molecule has 0 spiro atoms. The van der Waals surface area contributed by atoms with Gasteiger partial charge in [-0.15, -0.1) is 15.3 Å². The highest BCUT2D eigenvalue weighted by molar-refractivity contribution is 7.98. The number of aryl methyl sites for hydroxylation is 2. The third-order valence-electron chi connectivity index (χ3n) is 3.58. The van der Waals surface area contributed by atoms with Gasteiger partial charge in [0.15, 0.2) is 5.82 Å². The molecule has 0 saturated heterocycles. The molecule has 0 fully saturated rings. The van der Waals surface area contributed by atoms with Gasteiger partial charge in [-0.1, -0.05) is 48.5 Å². The van der Waals surface area contributed by atoms with Gasteiger partial charge in [0.1, 0.15) is 11.6 Å². The zero-order valence-corrected chi connectivity index (χ0v) is 14.4. The molecule has 7 heteroatoms. The highest BCUT2D eigenvalue weighted by atomic mass is 32.2. The van der Waals surface area contributed by atoms with Gasteiger partial charge >= 0.3 is 0 Å². The Bertz CT molecular complexity index is 774. The Labute approximate surface area is 139 Å². The summed E-state index contributed by atoms with van der Waals surface area (Å²) in [7, 11) is 0. The third-order valence-corrected chi connectivity index (χ3v) is 4.42. The molecule has 0 amide bonds. The molecule has 0 aliphatic rings. The van der Waals surface area contributed by atoms with Gasteiger partial charge in [-0.2, -0.15) is 0 Å². The van der Waals surface area contributed by atoms with E-state index in [1.165, 1.54) is 5.56 Å². The quantitative estimate of drug-likeness (QED) is 0.702. The summed E-state index contributed by atoms with van der Waals surface area (Å²) >= 11 is 1.57. The van der Waals surface area contributed by atoms with Gasteiger partial charge in [0.05, 0.1) is 5.75 Å². The predicted molar refractivity (Wildman–Crippen MR) is 91.2 cm³/mol. The van der Waals surface area contributed by atoms with E-state index in [-0.39, 0.29) is 0 Å². The Morgan fingerprint density at radius 2 is 1.91 bits per heavy atom. The molecule has 1 N–H and O–H groups in total. The van der Waals surface area contributed by atoms with Crippen LogP contribution in [0.5, 0.6) is 0 Å². The first-order chi connectivity index (χ1) is 11.2. The monoisotopic (exact) mass is 328 g/mol. The molecule has 23 heavy (non-hydrogen) atoms. The van der Waals surface area contributed by atoms with Gasteiger partial charge in [0.25, 0.3) is 0 Å². The van der Waals surface area contributed by atoms with Crippen molar-refractivity contribution in [3.63, 3.8) is 0 Å². The Hall–Kier alpha value is -2.15. The fraction of sp³-hybridized carbons (Fsp3) is 0.375. The van der Waals surface area contributed by atoms with Gasteiger partial charge in [0, 0.05) is 12.1 Å². The van der Waals surface area contributed by atoms with Gasteiger partial charge in [-0.25, -0.2) is 4.98 Å². The molecule has 1 aromatic carbocycles. The lowest BCUT2D eigenvalue weighted by Crippen LogP contribution is -2.04. The molecule has 0 saturated carbocycles. The first kappa shape index (κ1) is 15.7. The molecule has 0 aliphatic carbocycles. The van der Waals surface area contributed by atoms with Crippen LogP contribution in [0.1, 0.15) is 30.6 Å². The van der Waals surface area contributed by atoms with Crippen molar-refractivity contribution >= 4 is 11.8 Å². The number of benzene rings is 1. The largest absolute Gasteiger partial charge is 0.315 e. The van der Waals surface area contributed by atoms with E-state index in [1.807, 2.05) is 19.1 Å². The molecule has 120 valence electrons. The second-order valence-corrected chi connectivity index (χ2v) is 6.38. The number of thioether (sulfide) groups is 1. The van der Waals surface area contributed by atoms with Crippen molar-refractivity contribution in [2.75, 3.05) is 0 Å². The summed E-state index contributed by atoms with van der Waals surface area (Å²) in [5, 5.41) is 16.4. The molecule has 0 bridgehead atoms. The number of aromatic amines is 1. The van der Waals surface area contributed by atoms with E-state index in [9.17, 15) is 0 Å². The molecule has 6 nitrogen and oxygen atoms in total. The molecule has 2 aromatic heterocycles. The minimum absolute atomic E-state index is 0.714. The van der Waals surface area contributed by atoms with E-state index in [0.717, 1.165) is 41.2 Å². The van der Waals surface area contributed by atoms with Crippen molar-refractivity contribution < 1.29 is 0 Å². The van der Waals surface area contributed by atoms with E-state index in [2.05, 4.69) is 55.9 Å². The zero-order chi connectivity index (χ0) is 16.2. The molecule has 0 aliphatic heterocycles. The lowest BCUT2D eigenvalue weighted by atomic mass is 10.1. The van der Waals surface area contributed by atoms with Crippen LogP contribution < -0.4 is 0 Å². The van der Waals surface area contributed by atoms with Crippen molar-refractivity contribution in [1.29, 1.82) is 0 Å². The van der Waals surface area contributed by atoms with Crippen LogP contribution in [0.2, 0.25) is 0 Å². The number of aromatic nitrogens is 6. The van der Waals surface area contributed by atoms with Crippen LogP contribution in [-0.4, -0.2) is 29.9 Å². The summed E-state index contributed by atoms with van der Waals surface area (Å²) in [5.74, 6) is 3.43. The fourth-order valence-corrected chi connectivity index (χ4v) is 3.06. The molecule has 0 unspecified atom stereocenters. The summed E-state index contributed by atoms with van der Waals surface area (Å²) in [6.07, 6.45) is 1.06. The van der Waals surface area contributed by atoms with Crippen LogP contribution in [0.3, 0.4) is 0 Å². The minimum atomic E-state index is 0.714. The summed E-state index contributed by atoms with van der Waals surface area (Å²) in [4.78, 5) is 4.55. The van der Waals surface area contributed by atoms with Gasteiger partial charge in [-0.3, -0.25) is 5.10 Å². The average Bonchev–Trinajstić information content (AvgIpc) is 3.15. The topological polar surface area (TPSA) is 72.3 Å². The second-order valence-electron chi connectivity index (χ2n) is 5.44. The molecule has 3 rings (SSSR count). The third kappa shape index (κ3) is 3.61. The van der Waals surface area contributed by atoms with Crippen LogP contribution in [0.15, 0.2) is 29.4 Å². The van der Waals surface area contributed by atoms with E-state index in [0.29, 0.717) is 5.75 Å².